The predicted octanol–water partition coefficient (Wildman–Crippen LogP) is 9.42. The van der Waals surface area contributed by atoms with Crippen molar-refractivity contribution >= 4 is 9.19 Å². The van der Waals surface area contributed by atoms with Gasteiger partial charge in [0.25, 0.3) is 0 Å². The van der Waals surface area contributed by atoms with Crippen molar-refractivity contribution in [2.45, 2.75) is 97.7 Å². The van der Waals surface area contributed by atoms with Gasteiger partial charge in [0.1, 0.15) is 0 Å². The molecule has 5 heterocycles. The average Bonchev–Trinajstić information content (AvgIpc) is 4.02. The van der Waals surface area contributed by atoms with Gasteiger partial charge in [0.2, 0.25) is 0 Å². The summed E-state index contributed by atoms with van der Waals surface area (Å²) in [4.78, 5) is 0. The molecule has 4 nitrogen and oxygen atoms in total. The van der Waals surface area contributed by atoms with Gasteiger partial charge in [-0.3, -0.25) is 0 Å². The Kier molecular flexibility index (Phi) is 10.9. The number of rotatable bonds is 4. The summed E-state index contributed by atoms with van der Waals surface area (Å²) in [5, 5.41) is 20.0. The maximum atomic E-state index is 5.80. The first-order chi connectivity index (χ1) is 24.8. The molecular formula is C44H46AuClN4-2. The zero-order valence-electron chi connectivity index (χ0n) is 28.2. The van der Waals surface area contributed by atoms with Crippen LogP contribution in [0.3, 0.4) is 0 Å². The molecule has 12 unspecified atom stereocenters. The van der Waals surface area contributed by atoms with E-state index in [1.54, 1.807) is 20.0 Å². The molecule has 0 radical (unpaired) electrons. The Balaban J connectivity index is 0.00000177. The zero-order chi connectivity index (χ0) is 33.9. The first-order valence-electron chi connectivity index (χ1n) is 18.4. The summed E-state index contributed by atoms with van der Waals surface area (Å²) in [6.07, 6.45) is 14.3. The van der Waals surface area contributed by atoms with Gasteiger partial charge in [0.05, 0.1) is 0 Å². The Hall–Kier alpha value is -2.77. The fourth-order valence-electron chi connectivity index (χ4n) is 9.98. The fourth-order valence-corrected chi connectivity index (χ4v) is 9.98. The average molecular weight is 863 g/mol. The van der Waals surface area contributed by atoms with E-state index in [2.05, 4.69) is 165 Å². The normalized spacial score (nSPS) is 35.8. The second kappa shape index (κ2) is 15.9. The van der Waals surface area contributed by atoms with E-state index in [1.165, 1.54) is 22.3 Å². The molecule has 0 aromatic heterocycles. The minimum absolute atomic E-state index is 0.224. The van der Waals surface area contributed by atoms with Crippen LogP contribution < -0.4 is 10.6 Å². The number of hydrogen-bond acceptors (Lipinski definition) is 2. The third kappa shape index (κ3) is 6.90. The Morgan fingerprint density at radius 2 is 0.600 bits per heavy atom. The second-order valence-corrected chi connectivity index (χ2v) is 14.7. The van der Waals surface area contributed by atoms with E-state index >= 15 is 0 Å². The summed E-state index contributed by atoms with van der Waals surface area (Å²) in [5.41, 5.74) is 5.55. The Morgan fingerprint density at radius 1 is 0.380 bits per heavy atom. The van der Waals surface area contributed by atoms with Crippen LogP contribution >= 0.6 is 9.19 Å². The van der Waals surface area contributed by atoms with Gasteiger partial charge in [-0.2, -0.15) is 0 Å². The molecule has 5 aliphatic rings. The van der Waals surface area contributed by atoms with Crippen LogP contribution in [-0.2, 0) is 20.0 Å². The van der Waals surface area contributed by atoms with E-state index in [1.807, 2.05) is 0 Å². The van der Waals surface area contributed by atoms with Crippen molar-refractivity contribution in [3.05, 3.63) is 179 Å². The molecule has 6 heteroatoms. The number of nitrogens with zero attached hydrogens (tertiary/aromatic N) is 2. The van der Waals surface area contributed by atoms with Gasteiger partial charge in [-0.15, -0.1) is 24.2 Å². The van der Waals surface area contributed by atoms with Crippen molar-refractivity contribution in [2.75, 3.05) is 0 Å². The number of halogens is 1. The molecule has 0 spiro atoms. The van der Waals surface area contributed by atoms with E-state index < -0.39 is 0 Å². The van der Waals surface area contributed by atoms with Crippen molar-refractivity contribution in [1.29, 1.82) is 0 Å². The molecule has 0 saturated carbocycles. The molecule has 12 atom stereocenters. The van der Waals surface area contributed by atoms with Crippen LogP contribution in [-0.4, -0.2) is 48.3 Å². The number of benzene rings is 4. The van der Waals surface area contributed by atoms with Gasteiger partial charge in [-0.05, 0) is 45.9 Å². The van der Waals surface area contributed by atoms with Crippen LogP contribution in [0.2, 0.25) is 0 Å². The van der Waals surface area contributed by atoms with E-state index in [9.17, 15) is 0 Å². The molecule has 3 saturated heterocycles. The van der Waals surface area contributed by atoms with Gasteiger partial charge in [0.15, 0.2) is 0 Å². The van der Waals surface area contributed by atoms with Crippen LogP contribution in [0.4, 0.5) is 0 Å². The predicted molar refractivity (Wildman–Crippen MR) is 203 cm³/mol. The van der Waals surface area contributed by atoms with Crippen LogP contribution in [0.1, 0.15) is 71.6 Å². The quantitative estimate of drug-likeness (QED) is 0.159. The van der Waals surface area contributed by atoms with Gasteiger partial charge in [-0.1, -0.05) is 171 Å². The first kappa shape index (κ1) is 34.3. The molecule has 8 bridgehead atoms. The topological polar surface area (TPSA) is 52.3 Å². The number of fused-ring (bicyclic) bond motifs is 8. The molecule has 5 aliphatic heterocycles. The summed E-state index contributed by atoms with van der Waals surface area (Å²) >= 11 is 1.75. The maximum absolute atomic E-state index is 5.80. The van der Waals surface area contributed by atoms with Crippen molar-refractivity contribution in [3.8, 4) is 0 Å². The van der Waals surface area contributed by atoms with E-state index in [4.69, 9.17) is 10.6 Å². The van der Waals surface area contributed by atoms with Gasteiger partial charge in [0, 0.05) is 24.2 Å². The zero-order valence-corrected chi connectivity index (χ0v) is 31.1. The summed E-state index contributed by atoms with van der Waals surface area (Å²) in [5.74, 6) is 1.14. The summed E-state index contributed by atoms with van der Waals surface area (Å²) in [6.45, 7) is 0. The number of hydrogen-bond donors (Lipinski definition) is 2. The van der Waals surface area contributed by atoms with Crippen molar-refractivity contribution in [3.63, 3.8) is 0 Å². The standard InChI is InChI=1S/C44H46N4.Au.ClH/c1-5-13-29(14-6-1)41-33-21-23-35(45-33)42(30-15-7-2-8-16-30)37-25-27-39(47-37)44(32-19-11-4-12-20-32)40-28-26-38(48-40)43(31-17-9-3-10-18-31)36-24-22-34(41)46-36;;/h1-21,23,26,28,33-45,48H,22,24-25,27H2;;1H/q-2;+1;/p-1. The molecule has 0 amide bonds. The van der Waals surface area contributed by atoms with Crippen LogP contribution in [0.25, 0.3) is 10.6 Å². The molecule has 262 valence electrons. The monoisotopic (exact) mass is 862 g/mol. The fraction of sp³-hybridized carbons (Fsp3) is 0.364. The third-order valence-corrected chi connectivity index (χ3v) is 12.0. The van der Waals surface area contributed by atoms with Gasteiger partial charge in [-0.25, -0.2) is 0 Å². The van der Waals surface area contributed by atoms with Crippen molar-refractivity contribution < 1.29 is 20.0 Å². The van der Waals surface area contributed by atoms with E-state index in [0.29, 0.717) is 0 Å². The van der Waals surface area contributed by atoms with Crippen LogP contribution in [0.5, 0.6) is 0 Å². The second-order valence-electron chi connectivity index (χ2n) is 14.7. The van der Waals surface area contributed by atoms with E-state index in [0.717, 1.165) is 25.7 Å². The third-order valence-electron chi connectivity index (χ3n) is 12.0. The molecular weight excluding hydrogens is 817 g/mol. The van der Waals surface area contributed by atoms with Crippen LogP contribution in [0, 0.1) is 0 Å². The van der Waals surface area contributed by atoms with Crippen molar-refractivity contribution in [2.24, 2.45) is 0 Å². The molecule has 0 aliphatic carbocycles. The Morgan fingerprint density at radius 3 is 0.820 bits per heavy atom. The molecule has 4 aromatic rings. The minimum atomic E-state index is 0.224. The molecule has 2 N–H and O–H groups in total. The molecule has 4 aromatic carbocycles. The van der Waals surface area contributed by atoms with Crippen LogP contribution in [0.15, 0.2) is 146 Å². The molecule has 9 rings (SSSR count). The summed E-state index contributed by atoms with van der Waals surface area (Å²) < 4.78 is 0. The first-order valence-corrected chi connectivity index (χ1v) is 21.1. The Labute approximate surface area is 314 Å². The molecule has 3 fully saturated rings. The van der Waals surface area contributed by atoms with Crippen molar-refractivity contribution in [1.82, 2.24) is 10.6 Å². The number of nitrogens with one attached hydrogen (secondary N) is 2. The van der Waals surface area contributed by atoms with Gasteiger partial charge >= 0.3 is 29.2 Å². The Bertz CT molecular complexity index is 1470. The van der Waals surface area contributed by atoms with E-state index in [-0.39, 0.29) is 72.0 Å². The SMILES string of the molecule is C1=CC2NC1C(c1ccccc1)C1CCC([N-]1)C(c1ccccc1)C1C=CC(N1)C(c1ccccc1)C1CCC([N-]1)C2c1ccccc1.[Cl][Au]. The molecule has 50 heavy (non-hydrogen) atoms. The summed E-state index contributed by atoms with van der Waals surface area (Å²) in [6, 6.07) is 46.7. The summed E-state index contributed by atoms with van der Waals surface area (Å²) in [7, 11) is 4.58. The van der Waals surface area contributed by atoms with Gasteiger partial charge < -0.3 is 21.3 Å².